The average Bonchev–Trinajstić information content (AvgIpc) is 3.32. The second-order valence-electron chi connectivity index (χ2n) is 11.4. The van der Waals surface area contributed by atoms with Crippen molar-refractivity contribution >= 4 is 17.8 Å². The Hall–Kier alpha value is -1.93. The average molecular weight is 465 g/mol. The van der Waals surface area contributed by atoms with Crippen molar-refractivity contribution in [2.45, 2.75) is 84.1 Å². The van der Waals surface area contributed by atoms with Gasteiger partial charge in [-0.2, -0.15) is 0 Å². The van der Waals surface area contributed by atoms with Gasteiger partial charge in [-0.05, 0) is 45.4 Å². The van der Waals surface area contributed by atoms with E-state index in [2.05, 4.69) is 27.4 Å². The molecule has 3 heterocycles. The Labute approximate surface area is 197 Å². The Morgan fingerprint density at radius 1 is 1.33 bits per heavy atom. The molecule has 3 aliphatic heterocycles. The Kier molecular flexibility index (Phi) is 7.02. The predicted molar refractivity (Wildman–Crippen MR) is 123 cm³/mol. The number of fused-ring (bicyclic) bond motifs is 1. The van der Waals surface area contributed by atoms with Crippen molar-refractivity contribution in [3.05, 3.63) is 12.7 Å². The summed E-state index contributed by atoms with van der Waals surface area (Å²) in [6.07, 6.45) is 3.12. The number of rotatable bonds is 9. The molecule has 0 aliphatic carbocycles. The monoisotopic (exact) mass is 464 g/mol. The summed E-state index contributed by atoms with van der Waals surface area (Å²) in [5.74, 6) is -2.48. The molecule has 0 saturated carbocycles. The van der Waals surface area contributed by atoms with Crippen molar-refractivity contribution < 1.29 is 29.0 Å². The lowest BCUT2D eigenvalue weighted by Crippen LogP contribution is -2.61. The minimum absolute atomic E-state index is 0.0126. The second-order valence-corrected chi connectivity index (χ2v) is 11.4. The minimum Gasteiger partial charge on any atom is -0.466 e. The van der Waals surface area contributed by atoms with Crippen molar-refractivity contribution in [2.75, 3.05) is 26.3 Å². The molecule has 1 spiro atoms. The van der Waals surface area contributed by atoms with Crippen LogP contribution in [0, 0.1) is 17.3 Å². The normalized spacial score (nSPS) is 31.0. The quantitative estimate of drug-likeness (QED) is 0.415. The highest BCUT2D eigenvalue weighted by Crippen LogP contribution is 2.59. The lowest BCUT2D eigenvalue weighted by atomic mass is 9.70. The molecule has 5 atom stereocenters. The lowest BCUT2D eigenvalue weighted by Gasteiger charge is -2.45. The van der Waals surface area contributed by atoms with E-state index in [1.54, 1.807) is 17.9 Å². The van der Waals surface area contributed by atoms with Gasteiger partial charge in [0.05, 0.1) is 31.2 Å². The molecule has 0 radical (unpaired) electrons. The Bertz CT molecular complexity index is 803. The number of carbonyl (C=O) groups excluding carboxylic acids is 3. The van der Waals surface area contributed by atoms with E-state index in [9.17, 15) is 19.5 Å². The van der Waals surface area contributed by atoms with Crippen LogP contribution in [0.4, 0.5) is 0 Å². The van der Waals surface area contributed by atoms with Gasteiger partial charge in [-0.3, -0.25) is 14.4 Å². The summed E-state index contributed by atoms with van der Waals surface area (Å²) >= 11 is 0. The van der Waals surface area contributed by atoms with Gasteiger partial charge in [-0.1, -0.05) is 26.8 Å². The first-order valence-electron chi connectivity index (χ1n) is 12.0. The summed E-state index contributed by atoms with van der Waals surface area (Å²) in [6.45, 7) is 16.3. The van der Waals surface area contributed by atoms with Crippen LogP contribution in [-0.2, 0) is 23.9 Å². The van der Waals surface area contributed by atoms with Crippen molar-refractivity contribution in [3.63, 3.8) is 0 Å². The fourth-order valence-corrected chi connectivity index (χ4v) is 6.59. The number of aliphatic hydroxyl groups is 1. The molecule has 2 amide bonds. The summed E-state index contributed by atoms with van der Waals surface area (Å²) in [5, 5.41) is 9.72. The molecule has 0 unspecified atom stereocenters. The fourth-order valence-electron chi connectivity index (χ4n) is 6.59. The maximum atomic E-state index is 14.2. The van der Waals surface area contributed by atoms with Gasteiger partial charge < -0.3 is 24.4 Å². The van der Waals surface area contributed by atoms with Crippen LogP contribution in [0.1, 0.15) is 60.8 Å². The zero-order valence-corrected chi connectivity index (χ0v) is 20.9. The number of carbonyl (C=O) groups is 3. The van der Waals surface area contributed by atoms with E-state index < -0.39 is 41.1 Å². The van der Waals surface area contributed by atoms with E-state index in [0.717, 1.165) is 6.42 Å². The highest BCUT2D eigenvalue weighted by molar-refractivity contribution is 5.98. The van der Waals surface area contributed by atoms with E-state index in [1.165, 1.54) is 4.90 Å². The van der Waals surface area contributed by atoms with Gasteiger partial charge in [-0.15, -0.1) is 6.58 Å². The van der Waals surface area contributed by atoms with Crippen LogP contribution in [0.3, 0.4) is 0 Å². The molecule has 3 aliphatic rings. The van der Waals surface area contributed by atoms with Crippen LogP contribution in [-0.4, -0.2) is 82.3 Å². The first-order chi connectivity index (χ1) is 15.3. The smallest absolute Gasteiger partial charge is 0.312 e. The van der Waals surface area contributed by atoms with E-state index >= 15 is 0 Å². The largest absolute Gasteiger partial charge is 0.466 e. The Morgan fingerprint density at radius 3 is 2.55 bits per heavy atom. The van der Waals surface area contributed by atoms with Crippen molar-refractivity contribution in [1.29, 1.82) is 0 Å². The third-order valence-corrected chi connectivity index (χ3v) is 7.21. The molecular formula is C25H40N2O6. The molecule has 3 rings (SSSR count). The van der Waals surface area contributed by atoms with E-state index in [4.69, 9.17) is 9.47 Å². The third kappa shape index (κ3) is 4.32. The molecule has 0 aromatic carbocycles. The summed E-state index contributed by atoms with van der Waals surface area (Å²) in [5.41, 5.74) is -1.62. The minimum atomic E-state index is -1.08. The molecule has 8 nitrogen and oxygen atoms in total. The maximum absolute atomic E-state index is 14.2. The van der Waals surface area contributed by atoms with Gasteiger partial charge in [-0.25, -0.2) is 0 Å². The first kappa shape index (κ1) is 25.7. The number of β-amino-alcohol motifs (C(OH)–C–C–N with tert-alkyl or cyclic N) is 1. The molecule has 0 aromatic heterocycles. The molecule has 2 bridgehead atoms. The number of likely N-dealkylation sites (tertiary alicyclic amines) is 1. The van der Waals surface area contributed by atoms with Gasteiger partial charge in [0.25, 0.3) is 0 Å². The second kappa shape index (κ2) is 9.02. The Morgan fingerprint density at radius 2 is 2.00 bits per heavy atom. The Balaban J connectivity index is 2.04. The number of amides is 2. The SMILES string of the molecule is C=CCN(C(=O)[C@@H]1N(CCO)C(=O)[C@H]2[C@H](C(=O)OCC)[C@@H]3CC[C@]12O3)C(C)(C)CC(C)(C)C. The fraction of sp³-hybridized carbons (Fsp3) is 0.800. The van der Waals surface area contributed by atoms with Crippen molar-refractivity contribution in [1.82, 2.24) is 9.80 Å². The maximum Gasteiger partial charge on any atom is 0.312 e. The zero-order chi connectivity index (χ0) is 24.8. The molecule has 33 heavy (non-hydrogen) atoms. The molecule has 186 valence electrons. The molecule has 8 heteroatoms. The van der Waals surface area contributed by atoms with Gasteiger partial charge in [0.15, 0.2) is 0 Å². The van der Waals surface area contributed by atoms with Crippen molar-refractivity contribution in [2.24, 2.45) is 17.3 Å². The van der Waals surface area contributed by atoms with Crippen LogP contribution in [0.5, 0.6) is 0 Å². The van der Waals surface area contributed by atoms with Crippen LogP contribution in [0.15, 0.2) is 12.7 Å². The standard InChI is InChI=1S/C25H40N2O6/c1-8-12-27(24(6,7)15-23(3,4)5)21(30)19-25-11-10-16(33-25)17(22(31)32-9-2)18(25)20(29)26(19)13-14-28/h8,16-19,28H,1,9-15H2,2-7H3/t16-,17+,18+,19-,25+/m0/s1. The first-order valence-corrected chi connectivity index (χ1v) is 12.0. The number of nitrogens with zero attached hydrogens (tertiary/aromatic N) is 2. The zero-order valence-electron chi connectivity index (χ0n) is 20.9. The van der Waals surface area contributed by atoms with Crippen molar-refractivity contribution in [3.8, 4) is 0 Å². The topological polar surface area (TPSA) is 96.4 Å². The van der Waals surface area contributed by atoms with E-state index in [-0.39, 0.29) is 37.0 Å². The van der Waals surface area contributed by atoms with Crippen LogP contribution < -0.4 is 0 Å². The van der Waals surface area contributed by atoms with Gasteiger partial charge >= 0.3 is 5.97 Å². The lowest BCUT2D eigenvalue weighted by molar-refractivity contribution is -0.156. The summed E-state index contributed by atoms with van der Waals surface area (Å²) in [4.78, 5) is 43.8. The van der Waals surface area contributed by atoms with Gasteiger partial charge in [0, 0.05) is 18.6 Å². The number of ether oxygens (including phenoxy) is 2. The van der Waals surface area contributed by atoms with Crippen LogP contribution in [0.2, 0.25) is 0 Å². The number of aliphatic hydroxyl groups excluding tert-OH is 1. The highest BCUT2D eigenvalue weighted by atomic mass is 16.6. The number of esters is 1. The predicted octanol–water partition coefficient (Wildman–Crippen LogP) is 2.15. The van der Waals surface area contributed by atoms with Crippen LogP contribution >= 0.6 is 0 Å². The summed E-state index contributed by atoms with van der Waals surface area (Å²) in [6, 6.07) is -0.897. The number of hydrogen-bond acceptors (Lipinski definition) is 6. The summed E-state index contributed by atoms with van der Waals surface area (Å²) in [7, 11) is 0. The van der Waals surface area contributed by atoms with E-state index in [1.807, 2.05) is 13.8 Å². The van der Waals surface area contributed by atoms with Gasteiger partial charge in [0.2, 0.25) is 11.8 Å². The summed E-state index contributed by atoms with van der Waals surface area (Å²) < 4.78 is 11.6. The highest BCUT2D eigenvalue weighted by Gasteiger charge is 2.75. The van der Waals surface area contributed by atoms with Crippen LogP contribution in [0.25, 0.3) is 0 Å². The third-order valence-electron chi connectivity index (χ3n) is 7.21. The number of hydrogen-bond donors (Lipinski definition) is 1. The molecule has 3 saturated heterocycles. The molecule has 1 N–H and O–H groups in total. The molecule has 0 aromatic rings. The van der Waals surface area contributed by atoms with E-state index in [0.29, 0.717) is 19.4 Å². The molecular weight excluding hydrogens is 424 g/mol. The van der Waals surface area contributed by atoms with Gasteiger partial charge in [0.1, 0.15) is 11.6 Å². The molecule has 3 fully saturated rings.